The van der Waals surface area contributed by atoms with Gasteiger partial charge >= 0.3 is 0 Å². The van der Waals surface area contributed by atoms with Gasteiger partial charge in [-0.25, -0.2) is 4.68 Å². The van der Waals surface area contributed by atoms with Gasteiger partial charge in [-0.3, -0.25) is 4.79 Å². The third kappa shape index (κ3) is 1.91. The summed E-state index contributed by atoms with van der Waals surface area (Å²) in [5, 5.41) is 3.96. The Morgan fingerprint density at radius 3 is 2.69 bits per heavy atom. The van der Waals surface area contributed by atoms with E-state index in [0.29, 0.717) is 10.2 Å². The Kier molecular flexibility index (Phi) is 3.08. The van der Waals surface area contributed by atoms with Crippen molar-refractivity contribution in [1.82, 2.24) is 9.78 Å². The van der Waals surface area contributed by atoms with Crippen molar-refractivity contribution in [2.75, 3.05) is 7.11 Å². The maximum atomic E-state index is 11.6. The third-order valence-electron chi connectivity index (χ3n) is 1.62. The number of halogens is 1. The normalized spacial score (nSPS) is 10.5. The van der Waals surface area contributed by atoms with Crippen LogP contribution in [-0.2, 0) is 0 Å². The molecule has 0 atom stereocenters. The van der Waals surface area contributed by atoms with E-state index < -0.39 is 0 Å². The molecule has 0 bridgehead atoms. The van der Waals surface area contributed by atoms with Crippen LogP contribution in [0.4, 0.5) is 0 Å². The summed E-state index contributed by atoms with van der Waals surface area (Å²) in [5.41, 5.74) is -0.172. The predicted octanol–water partition coefficient (Wildman–Crippen LogP) is 1.60. The molecule has 0 aromatic carbocycles. The number of aromatic nitrogens is 2. The van der Waals surface area contributed by atoms with E-state index in [9.17, 15) is 4.79 Å². The van der Waals surface area contributed by atoms with Crippen molar-refractivity contribution in [2.24, 2.45) is 0 Å². The van der Waals surface area contributed by atoms with E-state index in [1.54, 1.807) is 0 Å². The van der Waals surface area contributed by atoms with Gasteiger partial charge in [0.15, 0.2) is 5.75 Å². The van der Waals surface area contributed by atoms with Crippen LogP contribution in [0, 0.1) is 0 Å². The second-order valence-corrected chi connectivity index (χ2v) is 3.66. The molecular formula is C8H11BrN2O2. The summed E-state index contributed by atoms with van der Waals surface area (Å²) in [6.45, 7) is 3.79. The predicted molar refractivity (Wildman–Crippen MR) is 53.1 cm³/mol. The lowest BCUT2D eigenvalue weighted by molar-refractivity contribution is 0.398. The topological polar surface area (TPSA) is 44.1 Å². The molecule has 1 aromatic heterocycles. The number of methoxy groups -OCH3 is 1. The average molecular weight is 247 g/mol. The van der Waals surface area contributed by atoms with Crippen molar-refractivity contribution in [3.05, 3.63) is 21.0 Å². The molecule has 0 spiro atoms. The van der Waals surface area contributed by atoms with Crippen LogP contribution in [0.2, 0.25) is 0 Å². The fourth-order valence-corrected chi connectivity index (χ4v) is 1.39. The summed E-state index contributed by atoms with van der Waals surface area (Å²) in [7, 11) is 1.50. The van der Waals surface area contributed by atoms with Crippen molar-refractivity contribution in [2.45, 2.75) is 19.9 Å². The molecule has 0 unspecified atom stereocenters. The van der Waals surface area contributed by atoms with Gasteiger partial charge in [0.25, 0.3) is 5.56 Å². The van der Waals surface area contributed by atoms with Crippen LogP contribution in [-0.4, -0.2) is 16.9 Å². The van der Waals surface area contributed by atoms with Crippen LogP contribution in [0.1, 0.15) is 19.9 Å². The first kappa shape index (κ1) is 10.2. The molecule has 0 aliphatic carbocycles. The monoisotopic (exact) mass is 246 g/mol. The van der Waals surface area contributed by atoms with Crippen LogP contribution in [0.3, 0.4) is 0 Å². The van der Waals surface area contributed by atoms with Crippen molar-refractivity contribution in [1.29, 1.82) is 0 Å². The van der Waals surface area contributed by atoms with E-state index in [1.165, 1.54) is 18.0 Å². The molecule has 72 valence electrons. The summed E-state index contributed by atoms with van der Waals surface area (Å²) >= 11 is 3.16. The van der Waals surface area contributed by atoms with Crippen LogP contribution in [0.15, 0.2) is 15.5 Å². The summed E-state index contributed by atoms with van der Waals surface area (Å²) in [4.78, 5) is 11.6. The van der Waals surface area contributed by atoms with Gasteiger partial charge in [-0.15, -0.1) is 0 Å². The molecule has 0 radical (unpaired) electrons. The van der Waals surface area contributed by atoms with Gasteiger partial charge in [-0.05, 0) is 29.8 Å². The maximum absolute atomic E-state index is 11.6. The van der Waals surface area contributed by atoms with Gasteiger partial charge < -0.3 is 4.74 Å². The number of nitrogens with zero attached hydrogens (tertiary/aromatic N) is 2. The van der Waals surface area contributed by atoms with Crippen LogP contribution in [0.25, 0.3) is 0 Å². The summed E-state index contributed by atoms with van der Waals surface area (Å²) in [6.07, 6.45) is 1.52. The second kappa shape index (κ2) is 3.91. The smallest absolute Gasteiger partial charge is 0.285 e. The zero-order valence-corrected chi connectivity index (χ0v) is 9.33. The van der Waals surface area contributed by atoms with E-state index in [4.69, 9.17) is 4.74 Å². The lowest BCUT2D eigenvalue weighted by atomic mass is 10.4. The van der Waals surface area contributed by atoms with Crippen LogP contribution >= 0.6 is 15.9 Å². The molecule has 4 nitrogen and oxygen atoms in total. The Hall–Kier alpha value is -0.840. The van der Waals surface area contributed by atoms with E-state index in [2.05, 4.69) is 21.0 Å². The van der Waals surface area contributed by atoms with E-state index in [-0.39, 0.29) is 11.6 Å². The molecule has 13 heavy (non-hydrogen) atoms. The fourth-order valence-electron chi connectivity index (χ4n) is 0.940. The first-order valence-corrected chi connectivity index (χ1v) is 4.68. The van der Waals surface area contributed by atoms with E-state index in [0.717, 1.165) is 0 Å². The molecular weight excluding hydrogens is 236 g/mol. The van der Waals surface area contributed by atoms with Crippen molar-refractivity contribution < 1.29 is 4.74 Å². The van der Waals surface area contributed by atoms with Gasteiger partial charge in [0.1, 0.15) is 4.47 Å². The highest BCUT2D eigenvalue weighted by Crippen LogP contribution is 2.18. The van der Waals surface area contributed by atoms with E-state index in [1.807, 2.05) is 13.8 Å². The highest BCUT2D eigenvalue weighted by Gasteiger charge is 2.10. The zero-order chi connectivity index (χ0) is 10.0. The number of rotatable bonds is 2. The van der Waals surface area contributed by atoms with Crippen LogP contribution < -0.4 is 10.3 Å². The van der Waals surface area contributed by atoms with Gasteiger partial charge in [-0.1, -0.05) is 0 Å². The minimum absolute atomic E-state index is 0.0507. The standard InChI is InChI=1S/C8H11BrN2O2/c1-5(2)11-8(12)7(9)6(13-3)4-10-11/h4-5H,1-3H3. The van der Waals surface area contributed by atoms with Gasteiger partial charge in [0.05, 0.1) is 19.3 Å². The molecule has 0 aliphatic rings. The number of hydrogen-bond acceptors (Lipinski definition) is 3. The Morgan fingerprint density at radius 1 is 1.62 bits per heavy atom. The molecule has 5 heteroatoms. The quantitative estimate of drug-likeness (QED) is 0.797. The molecule has 0 fully saturated rings. The zero-order valence-electron chi connectivity index (χ0n) is 7.74. The Bertz CT molecular complexity index is 360. The SMILES string of the molecule is COc1cnn(C(C)C)c(=O)c1Br. The van der Waals surface area contributed by atoms with E-state index >= 15 is 0 Å². The van der Waals surface area contributed by atoms with Gasteiger partial charge in [-0.2, -0.15) is 5.10 Å². The minimum atomic E-state index is -0.172. The molecule has 0 saturated heterocycles. The molecule has 0 amide bonds. The molecule has 1 aromatic rings. The Labute approximate surface area is 84.7 Å². The second-order valence-electron chi connectivity index (χ2n) is 2.87. The Morgan fingerprint density at radius 2 is 2.23 bits per heavy atom. The molecule has 0 N–H and O–H groups in total. The first-order valence-electron chi connectivity index (χ1n) is 3.89. The number of ether oxygens (including phenoxy) is 1. The lowest BCUT2D eigenvalue weighted by Gasteiger charge is -2.09. The van der Waals surface area contributed by atoms with Crippen molar-refractivity contribution in [3.8, 4) is 5.75 Å². The highest BCUT2D eigenvalue weighted by atomic mass is 79.9. The fraction of sp³-hybridized carbons (Fsp3) is 0.500. The van der Waals surface area contributed by atoms with Crippen LogP contribution in [0.5, 0.6) is 5.75 Å². The first-order chi connectivity index (χ1) is 6.07. The maximum Gasteiger partial charge on any atom is 0.285 e. The summed E-state index contributed by atoms with van der Waals surface area (Å²) in [6, 6.07) is 0.0507. The summed E-state index contributed by atoms with van der Waals surface area (Å²) < 4.78 is 6.75. The summed E-state index contributed by atoms with van der Waals surface area (Å²) in [5.74, 6) is 0.460. The number of hydrogen-bond donors (Lipinski definition) is 0. The highest BCUT2D eigenvalue weighted by molar-refractivity contribution is 9.10. The Balaban J connectivity index is 3.32. The van der Waals surface area contributed by atoms with Gasteiger partial charge in [0.2, 0.25) is 0 Å². The molecule has 0 saturated carbocycles. The third-order valence-corrected chi connectivity index (χ3v) is 2.35. The van der Waals surface area contributed by atoms with Crippen molar-refractivity contribution >= 4 is 15.9 Å². The molecule has 0 aliphatic heterocycles. The molecule has 1 rings (SSSR count). The van der Waals surface area contributed by atoms with Gasteiger partial charge in [0, 0.05) is 0 Å². The minimum Gasteiger partial charge on any atom is -0.494 e. The molecule has 1 heterocycles. The largest absolute Gasteiger partial charge is 0.494 e. The lowest BCUT2D eigenvalue weighted by Crippen LogP contribution is -2.25. The van der Waals surface area contributed by atoms with Crippen molar-refractivity contribution in [3.63, 3.8) is 0 Å². The average Bonchev–Trinajstić information content (AvgIpc) is 2.09.